The topological polar surface area (TPSA) is 88.6 Å². The highest BCUT2D eigenvalue weighted by Gasteiger charge is 2.27. The van der Waals surface area contributed by atoms with E-state index in [-0.39, 0.29) is 28.6 Å². The molecule has 7 nitrogen and oxygen atoms in total. The molecule has 1 aliphatic heterocycles. The number of aromatic nitrogens is 1. The van der Waals surface area contributed by atoms with E-state index in [1.54, 1.807) is 0 Å². The molecule has 1 fully saturated rings. The Balaban J connectivity index is 1.60. The van der Waals surface area contributed by atoms with Crippen molar-refractivity contribution in [3.8, 4) is 0 Å². The van der Waals surface area contributed by atoms with Gasteiger partial charge in [0.2, 0.25) is 10.0 Å². The van der Waals surface area contributed by atoms with Gasteiger partial charge in [0.1, 0.15) is 0 Å². The molecule has 2 aromatic carbocycles. The van der Waals surface area contributed by atoms with Crippen molar-refractivity contribution < 1.29 is 17.9 Å². The molecule has 0 atom stereocenters. The van der Waals surface area contributed by atoms with Gasteiger partial charge >= 0.3 is 0 Å². The summed E-state index contributed by atoms with van der Waals surface area (Å²) in [6.45, 7) is 3.32. The quantitative estimate of drug-likeness (QED) is 0.619. The van der Waals surface area contributed by atoms with Crippen LogP contribution in [0.3, 0.4) is 0 Å². The Labute approximate surface area is 183 Å². The lowest BCUT2D eigenvalue weighted by atomic mass is 10.2. The number of amides is 1. The number of thiazole rings is 1. The molecule has 2 heterocycles. The van der Waals surface area contributed by atoms with Crippen molar-refractivity contribution in [2.24, 2.45) is 0 Å². The first-order valence-corrected chi connectivity index (χ1v) is 12.1. The lowest BCUT2D eigenvalue weighted by Crippen LogP contribution is -2.40. The van der Waals surface area contributed by atoms with Crippen LogP contribution in [0.4, 0.5) is 5.13 Å². The maximum Gasteiger partial charge on any atom is 0.259 e. The van der Waals surface area contributed by atoms with Gasteiger partial charge in [-0.25, -0.2) is 13.4 Å². The fourth-order valence-electron chi connectivity index (χ4n) is 3.18. The second-order valence-corrected chi connectivity index (χ2v) is 10.2. The van der Waals surface area contributed by atoms with Crippen molar-refractivity contribution in [2.75, 3.05) is 31.6 Å². The number of fused-ring (bicyclic) bond motifs is 1. The molecule has 1 saturated heterocycles. The van der Waals surface area contributed by atoms with E-state index in [0.717, 1.165) is 16.6 Å². The van der Waals surface area contributed by atoms with Gasteiger partial charge in [-0.3, -0.25) is 10.1 Å². The van der Waals surface area contributed by atoms with E-state index in [1.807, 2.05) is 18.2 Å². The van der Waals surface area contributed by atoms with Gasteiger partial charge in [-0.2, -0.15) is 4.31 Å². The molecule has 1 aliphatic rings. The third-order valence-corrected chi connectivity index (χ3v) is 8.03. The predicted octanol–water partition coefficient (Wildman–Crippen LogP) is 3.79. The molecule has 4 rings (SSSR count). The number of hydrogen-bond donors (Lipinski definition) is 1. The van der Waals surface area contributed by atoms with Gasteiger partial charge in [0.15, 0.2) is 5.13 Å². The number of nitrogens with one attached hydrogen (secondary N) is 1. The van der Waals surface area contributed by atoms with Crippen LogP contribution in [0.1, 0.15) is 22.8 Å². The molecule has 0 spiro atoms. The lowest BCUT2D eigenvalue weighted by molar-refractivity contribution is 0.0730. The van der Waals surface area contributed by atoms with Crippen LogP contribution in [-0.4, -0.2) is 49.9 Å². The highest BCUT2D eigenvalue weighted by molar-refractivity contribution is 7.89. The molecular formula is C20H20ClN3O4S2. The third-order valence-electron chi connectivity index (χ3n) is 4.87. The van der Waals surface area contributed by atoms with Gasteiger partial charge in [-0.05, 0) is 42.3 Å². The van der Waals surface area contributed by atoms with Crippen LogP contribution in [-0.2, 0) is 21.2 Å². The number of ether oxygens (including phenoxy) is 1. The second-order valence-electron chi connectivity index (χ2n) is 6.79. The summed E-state index contributed by atoms with van der Waals surface area (Å²) in [6.07, 6.45) is 0.912. The lowest BCUT2D eigenvalue weighted by Gasteiger charge is -2.26. The Bertz CT molecular complexity index is 1200. The zero-order chi connectivity index (χ0) is 21.3. The van der Waals surface area contributed by atoms with E-state index in [2.05, 4.69) is 17.2 Å². The van der Waals surface area contributed by atoms with Gasteiger partial charge in [0.25, 0.3) is 5.91 Å². The van der Waals surface area contributed by atoms with Crippen LogP contribution in [0.2, 0.25) is 5.02 Å². The average molecular weight is 466 g/mol. The summed E-state index contributed by atoms with van der Waals surface area (Å²) in [5, 5.41) is 3.34. The zero-order valence-electron chi connectivity index (χ0n) is 16.2. The van der Waals surface area contributed by atoms with Crippen LogP contribution in [0.15, 0.2) is 41.3 Å². The zero-order valence-corrected chi connectivity index (χ0v) is 18.6. The van der Waals surface area contributed by atoms with Crippen LogP contribution in [0.25, 0.3) is 10.2 Å². The van der Waals surface area contributed by atoms with E-state index in [1.165, 1.54) is 39.4 Å². The van der Waals surface area contributed by atoms with Crippen LogP contribution in [0.5, 0.6) is 0 Å². The minimum Gasteiger partial charge on any atom is -0.379 e. The monoisotopic (exact) mass is 465 g/mol. The van der Waals surface area contributed by atoms with E-state index < -0.39 is 15.9 Å². The summed E-state index contributed by atoms with van der Waals surface area (Å²) < 4.78 is 33.3. The second kappa shape index (κ2) is 8.60. The number of halogens is 1. The molecular weight excluding hydrogens is 446 g/mol. The third kappa shape index (κ3) is 4.21. The average Bonchev–Trinajstić information content (AvgIpc) is 3.15. The highest BCUT2D eigenvalue weighted by Crippen LogP contribution is 2.29. The number of morpholine rings is 1. The largest absolute Gasteiger partial charge is 0.379 e. The number of hydrogen-bond acceptors (Lipinski definition) is 6. The van der Waals surface area contributed by atoms with Crippen LogP contribution in [0, 0.1) is 0 Å². The number of anilines is 1. The number of sulfonamides is 1. The summed E-state index contributed by atoms with van der Waals surface area (Å²) >= 11 is 7.57. The van der Waals surface area contributed by atoms with Crippen molar-refractivity contribution >= 4 is 54.2 Å². The smallest absolute Gasteiger partial charge is 0.259 e. The number of carbonyl (C=O) groups is 1. The van der Waals surface area contributed by atoms with E-state index in [0.29, 0.717) is 18.3 Å². The Morgan fingerprint density at radius 3 is 2.73 bits per heavy atom. The SMILES string of the molecule is CCc1ccc2nc(NC(=O)c3cc(S(=O)(=O)N4CCOCC4)ccc3Cl)sc2c1. The minimum absolute atomic E-state index is 0.0239. The van der Waals surface area contributed by atoms with Gasteiger partial charge in [-0.15, -0.1) is 0 Å². The van der Waals surface area contributed by atoms with Crippen molar-refractivity contribution in [1.29, 1.82) is 0 Å². The van der Waals surface area contributed by atoms with E-state index in [4.69, 9.17) is 16.3 Å². The fraction of sp³-hybridized carbons (Fsp3) is 0.300. The summed E-state index contributed by atoms with van der Waals surface area (Å²) in [5.41, 5.74) is 2.06. The Morgan fingerprint density at radius 2 is 2.00 bits per heavy atom. The highest BCUT2D eigenvalue weighted by atomic mass is 35.5. The first-order valence-electron chi connectivity index (χ1n) is 9.47. The number of nitrogens with zero attached hydrogens (tertiary/aromatic N) is 2. The first-order chi connectivity index (χ1) is 14.4. The Hall–Kier alpha value is -2.04. The molecule has 30 heavy (non-hydrogen) atoms. The number of aryl methyl sites for hydroxylation is 1. The van der Waals surface area contributed by atoms with Crippen molar-refractivity contribution in [2.45, 2.75) is 18.2 Å². The van der Waals surface area contributed by atoms with Crippen molar-refractivity contribution in [3.63, 3.8) is 0 Å². The normalized spacial score (nSPS) is 15.4. The Kier molecular flexibility index (Phi) is 6.08. The van der Waals surface area contributed by atoms with E-state index >= 15 is 0 Å². The van der Waals surface area contributed by atoms with Gasteiger partial charge in [-0.1, -0.05) is 35.9 Å². The molecule has 0 unspecified atom stereocenters. The predicted molar refractivity (Wildman–Crippen MR) is 118 cm³/mol. The van der Waals surface area contributed by atoms with Crippen LogP contribution < -0.4 is 5.32 Å². The number of carbonyl (C=O) groups excluding carboxylic acids is 1. The summed E-state index contributed by atoms with van der Waals surface area (Å²) in [5.74, 6) is -0.506. The van der Waals surface area contributed by atoms with Crippen molar-refractivity contribution in [3.05, 3.63) is 52.5 Å². The molecule has 158 valence electrons. The Morgan fingerprint density at radius 1 is 1.23 bits per heavy atom. The molecule has 1 N–H and O–H groups in total. The van der Waals surface area contributed by atoms with E-state index in [9.17, 15) is 13.2 Å². The molecule has 0 saturated carbocycles. The van der Waals surface area contributed by atoms with Gasteiger partial charge < -0.3 is 4.74 Å². The molecule has 0 radical (unpaired) electrons. The molecule has 10 heteroatoms. The molecule has 0 aliphatic carbocycles. The van der Waals surface area contributed by atoms with Gasteiger partial charge in [0, 0.05) is 13.1 Å². The fourth-order valence-corrected chi connectivity index (χ4v) is 5.74. The summed E-state index contributed by atoms with van der Waals surface area (Å²) in [6, 6.07) is 10.1. The minimum atomic E-state index is -3.73. The standard InChI is InChI=1S/C20H20ClN3O4S2/c1-2-13-3-6-17-18(11-13)29-20(22-17)23-19(25)15-12-14(4-5-16(15)21)30(26,27)24-7-9-28-10-8-24/h3-6,11-12H,2,7-10H2,1H3,(H,22,23,25). The maximum absolute atomic E-state index is 12.9. The molecule has 3 aromatic rings. The summed E-state index contributed by atoms with van der Waals surface area (Å²) in [7, 11) is -3.73. The van der Waals surface area contributed by atoms with Gasteiger partial charge in [0.05, 0.1) is 38.9 Å². The molecule has 0 bridgehead atoms. The summed E-state index contributed by atoms with van der Waals surface area (Å²) in [4.78, 5) is 17.3. The number of rotatable bonds is 5. The molecule has 1 amide bonds. The van der Waals surface area contributed by atoms with Crippen LogP contribution >= 0.6 is 22.9 Å². The molecule has 1 aromatic heterocycles. The number of benzene rings is 2. The van der Waals surface area contributed by atoms with Crippen molar-refractivity contribution in [1.82, 2.24) is 9.29 Å². The first kappa shape index (κ1) is 21.2. The maximum atomic E-state index is 12.9.